The molecule has 2 unspecified atom stereocenters. The van der Waals surface area contributed by atoms with Crippen LogP contribution in [-0.2, 0) is 4.79 Å². The molecule has 0 aliphatic heterocycles. The van der Waals surface area contributed by atoms with Gasteiger partial charge in [-0.15, -0.1) is 0 Å². The highest BCUT2D eigenvalue weighted by Crippen LogP contribution is 2.38. The molecule has 114 valence electrons. The summed E-state index contributed by atoms with van der Waals surface area (Å²) < 4.78 is 0. The van der Waals surface area contributed by atoms with Crippen molar-refractivity contribution >= 4 is 5.97 Å². The standard InChI is InChI=1S/C16H28N2O2/c1-18(13-5-3-2-4-6-13)14-9-10-16(11-14,15(19)20)17-12-7-8-12/h12-14,17H,2-11H2,1H3,(H,19,20). The van der Waals surface area contributed by atoms with Gasteiger partial charge in [0.1, 0.15) is 5.54 Å². The Morgan fingerprint density at radius 2 is 1.80 bits per heavy atom. The maximum absolute atomic E-state index is 11.8. The summed E-state index contributed by atoms with van der Waals surface area (Å²) in [5.74, 6) is -0.635. The van der Waals surface area contributed by atoms with E-state index < -0.39 is 11.5 Å². The van der Waals surface area contributed by atoms with Crippen LogP contribution in [0.25, 0.3) is 0 Å². The lowest BCUT2D eigenvalue weighted by atomic mass is 9.92. The minimum absolute atomic E-state index is 0.445. The number of rotatable bonds is 5. The van der Waals surface area contributed by atoms with Gasteiger partial charge in [-0.25, -0.2) is 0 Å². The van der Waals surface area contributed by atoms with Crippen molar-refractivity contribution in [2.75, 3.05) is 7.05 Å². The van der Waals surface area contributed by atoms with E-state index >= 15 is 0 Å². The van der Waals surface area contributed by atoms with Crippen molar-refractivity contribution in [3.8, 4) is 0 Å². The van der Waals surface area contributed by atoms with Crippen LogP contribution in [0.2, 0.25) is 0 Å². The fourth-order valence-corrected chi connectivity index (χ4v) is 4.16. The molecule has 2 N–H and O–H groups in total. The van der Waals surface area contributed by atoms with Gasteiger partial charge < -0.3 is 10.0 Å². The fraction of sp³-hybridized carbons (Fsp3) is 0.938. The van der Waals surface area contributed by atoms with E-state index in [-0.39, 0.29) is 0 Å². The number of hydrogen-bond acceptors (Lipinski definition) is 3. The second-order valence-electron chi connectivity index (χ2n) is 7.16. The van der Waals surface area contributed by atoms with E-state index in [9.17, 15) is 9.90 Å². The average Bonchev–Trinajstić information content (AvgIpc) is 3.15. The molecule has 0 spiro atoms. The van der Waals surface area contributed by atoms with Gasteiger partial charge in [0.05, 0.1) is 0 Å². The van der Waals surface area contributed by atoms with Crippen molar-refractivity contribution in [3.63, 3.8) is 0 Å². The summed E-state index contributed by atoms with van der Waals surface area (Å²) in [5, 5.41) is 13.1. The minimum Gasteiger partial charge on any atom is -0.480 e. The van der Waals surface area contributed by atoms with Gasteiger partial charge in [0.25, 0.3) is 0 Å². The minimum atomic E-state index is -0.644. The monoisotopic (exact) mass is 280 g/mol. The summed E-state index contributed by atoms with van der Waals surface area (Å²) in [6.45, 7) is 0. The van der Waals surface area contributed by atoms with Crippen LogP contribution in [0.1, 0.15) is 64.2 Å². The molecular formula is C16H28N2O2. The van der Waals surface area contributed by atoms with Crippen LogP contribution in [0.5, 0.6) is 0 Å². The normalized spacial score (nSPS) is 35.6. The van der Waals surface area contributed by atoms with Crippen LogP contribution in [-0.4, -0.2) is 46.7 Å². The number of nitrogens with zero attached hydrogens (tertiary/aromatic N) is 1. The lowest BCUT2D eigenvalue weighted by Gasteiger charge is -2.36. The Hall–Kier alpha value is -0.610. The predicted molar refractivity (Wildman–Crippen MR) is 78.8 cm³/mol. The Labute approximate surface area is 121 Å². The summed E-state index contributed by atoms with van der Waals surface area (Å²) in [7, 11) is 2.22. The maximum atomic E-state index is 11.8. The van der Waals surface area contributed by atoms with Crippen molar-refractivity contribution in [1.82, 2.24) is 10.2 Å². The molecule has 20 heavy (non-hydrogen) atoms. The zero-order valence-electron chi connectivity index (χ0n) is 12.6. The molecule has 3 aliphatic rings. The summed E-state index contributed by atoms with van der Waals surface area (Å²) >= 11 is 0. The highest BCUT2D eigenvalue weighted by molar-refractivity contribution is 5.79. The van der Waals surface area contributed by atoms with Crippen molar-refractivity contribution in [1.29, 1.82) is 0 Å². The van der Waals surface area contributed by atoms with E-state index in [0.717, 1.165) is 32.1 Å². The summed E-state index contributed by atoms with van der Waals surface area (Å²) in [6.07, 6.45) is 11.5. The van der Waals surface area contributed by atoms with Gasteiger partial charge in [-0.1, -0.05) is 19.3 Å². The van der Waals surface area contributed by atoms with Gasteiger partial charge in [-0.2, -0.15) is 0 Å². The smallest absolute Gasteiger partial charge is 0.323 e. The topological polar surface area (TPSA) is 52.6 Å². The fourth-order valence-electron chi connectivity index (χ4n) is 4.16. The van der Waals surface area contributed by atoms with Gasteiger partial charge in [0.15, 0.2) is 0 Å². The first-order valence-electron chi connectivity index (χ1n) is 8.34. The van der Waals surface area contributed by atoms with Crippen LogP contribution < -0.4 is 5.32 Å². The third kappa shape index (κ3) is 2.86. The van der Waals surface area contributed by atoms with Crippen LogP contribution in [0, 0.1) is 0 Å². The number of carbonyl (C=O) groups is 1. The molecule has 3 saturated carbocycles. The summed E-state index contributed by atoms with van der Waals surface area (Å²) in [4.78, 5) is 14.2. The van der Waals surface area contributed by atoms with E-state index in [2.05, 4.69) is 17.3 Å². The largest absolute Gasteiger partial charge is 0.480 e. The highest BCUT2D eigenvalue weighted by Gasteiger charge is 2.49. The van der Waals surface area contributed by atoms with Crippen molar-refractivity contribution in [3.05, 3.63) is 0 Å². The molecule has 0 saturated heterocycles. The zero-order chi connectivity index (χ0) is 14.2. The van der Waals surface area contributed by atoms with Crippen LogP contribution in [0.4, 0.5) is 0 Å². The second kappa shape index (κ2) is 5.64. The third-order valence-corrected chi connectivity index (χ3v) is 5.68. The average molecular weight is 280 g/mol. The van der Waals surface area contributed by atoms with Crippen LogP contribution in [0.3, 0.4) is 0 Å². The first-order valence-corrected chi connectivity index (χ1v) is 8.34. The van der Waals surface area contributed by atoms with E-state index in [1.807, 2.05) is 0 Å². The van der Waals surface area contributed by atoms with E-state index in [1.165, 1.54) is 32.1 Å². The van der Waals surface area contributed by atoms with Crippen molar-refractivity contribution in [2.24, 2.45) is 0 Å². The second-order valence-corrected chi connectivity index (χ2v) is 7.16. The lowest BCUT2D eigenvalue weighted by Crippen LogP contribution is -2.52. The van der Waals surface area contributed by atoms with Gasteiger partial charge in [-0.05, 0) is 52.0 Å². The van der Waals surface area contributed by atoms with Gasteiger partial charge in [0.2, 0.25) is 0 Å². The zero-order valence-corrected chi connectivity index (χ0v) is 12.6. The Balaban J connectivity index is 1.62. The van der Waals surface area contributed by atoms with Crippen LogP contribution >= 0.6 is 0 Å². The summed E-state index contributed by atoms with van der Waals surface area (Å²) in [5.41, 5.74) is -0.644. The highest BCUT2D eigenvalue weighted by atomic mass is 16.4. The van der Waals surface area contributed by atoms with Crippen molar-refractivity contribution < 1.29 is 9.90 Å². The molecule has 0 bridgehead atoms. The molecule has 0 amide bonds. The Bertz CT molecular complexity index is 363. The molecular weight excluding hydrogens is 252 g/mol. The molecule has 0 aromatic heterocycles. The molecule has 3 fully saturated rings. The van der Waals surface area contributed by atoms with Gasteiger partial charge >= 0.3 is 5.97 Å². The Morgan fingerprint density at radius 3 is 2.40 bits per heavy atom. The molecule has 0 heterocycles. The molecule has 0 radical (unpaired) electrons. The lowest BCUT2D eigenvalue weighted by molar-refractivity contribution is -0.145. The molecule has 0 aromatic rings. The third-order valence-electron chi connectivity index (χ3n) is 5.68. The quantitative estimate of drug-likeness (QED) is 0.812. The molecule has 4 nitrogen and oxygen atoms in total. The Morgan fingerprint density at radius 1 is 1.10 bits per heavy atom. The molecule has 3 rings (SSSR count). The van der Waals surface area contributed by atoms with Crippen LogP contribution in [0.15, 0.2) is 0 Å². The predicted octanol–water partition coefficient (Wildman–Crippen LogP) is 2.38. The first-order chi connectivity index (χ1) is 9.61. The summed E-state index contributed by atoms with van der Waals surface area (Å²) in [6, 6.07) is 1.59. The number of carboxylic acid groups (broad SMARTS) is 1. The van der Waals surface area contributed by atoms with Gasteiger partial charge in [-0.3, -0.25) is 10.1 Å². The number of carboxylic acids is 1. The molecule has 0 aromatic carbocycles. The first kappa shape index (κ1) is 14.3. The SMILES string of the molecule is CN(C1CCCCC1)C1CCC(NC2CC2)(C(=O)O)C1. The number of aliphatic carboxylic acids is 1. The molecule has 3 aliphatic carbocycles. The maximum Gasteiger partial charge on any atom is 0.323 e. The van der Waals surface area contributed by atoms with Gasteiger partial charge in [0, 0.05) is 18.1 Å². The number of hydrogen-bond donors (Lipinski definition) is 2. The van der Waals surface area contributed by atoms with E-state index in [1.54, 1.807) is 0 Å². The number of nitrogens with one attached hydrogen (secondary N) is 1. The molecule has 4 heteroatoms. The van der Waals surface area contributed by atoms with Crippen molar-refractivity contribution in [2.45, 2.75) is 87.9 Å². The Kier molecular flexibility index (Phi) is 4.04. The molecule has 2 atom stereocenters. The van der Waals surface area contributed by atoms with E-state index in [0.29, 0.717) is 18.1 Å². The van der Waals surface area contributed by atoms with E-state index in [4.69, 9.17) is 0 Å².